The van der Waals surface area contributed by atoms with Gasteiger partial charge in [-0.25, -0.2) is 9.97 Å². The van der Waals surface area contributed by atoms with Gasteiger partial charge in [-0.1, -0.05) is 42.6 Å². The first-order valence-electron chi connectivity index (χ1n) is 8.64. The van der Waals surface area contributed by atoms with E-state index < -0.39 is 0 Å². The zero-order valence-corrected chi connectivity index (χ0v) is 15.9. The maximum atomic E-state index is 12.2. The molecule has 1 N–H and O–H groups in total. The van der Waals surface area contributed by atoms with Gasteiger partial charge in [0.15, 0.2) is 5.82 Å². The van der Waals surface area contributed by atoms with Crippen LogP contribution >= 0.6 is 23.4 Å². The summed E-state index contributed by atoms with van der Waals surface area (Å²) >= 11 is 7.39. The molecule has 0 bridgehead atoms. The second-order valence-corrected chi connectivity index (χ2v) is 7.80. The third-order valence-corrected chi connectivity index (χ3v) is 5.42. The lowest BCUT2D eigenvalue weighted by molar-refractivity contribution is -0.119. The molecule has 1 amide bonds. The molecule has 132 valence electrons. The number of nitrogens with one attached hydrogen (secondary N) is 1. The van der Waals surface area contributed by atoms with Crippen molar-refractivity contribution < 1.29 is 4.79 Å². The minimum absolute atomic E-state index is 0.0845. The summed E-state index contributed by atoms with van der Waals surface area (Å²) in [5.41, 5.74) is 1.80. The molecule has 0 atom stereocenters. The highest BCUT2D eigenvalue weighted by molar-refractivity contribution is 7.99. The molecule has 1 aromatic heterocycles. The smallest absolute Gasteiger partial charge is 0.230 e. The second-order valence-electron chi connectivity index (χ2n) is 6.37. The fourth-order valence-electron chi connectivity index (χ4n) is 3.00. The lowest BCUT2D eigenvalue weighted by Crippen LogP contribution is -2.37. The molecule has 2 aromatic rings. The van der Waals surface area contributed by atoms with Crippen LogP contribution in [0, 0.1) is 6.92 Å². The first kappa shape index (κ1) is 18.2. The van der Waals surface area contributed by atoms with E-state index in [-0.39, 0.29) is 5.91 Å². The van der Waals surface area contributed by atoms with E-state index in [4.69, 9.17) is 11.6 Å². The van der Waals surface area contributed by atoms with Crippen molar-refractivity contribution in [3.8, 4) is 11.4 Å². The topological polar surface area (TPSA) is 54.9 Å². The van der Waals surface area contributed by atoms with E-state index in [2.05, 4.69) is 15.3 Å². The van der Waals surface area contributed by atoms with Gasteiger partial charge in [-0.3, -0.25) is 4.79 Å². The SMILES string of the molecule is Cc1cc(SCC(=O)NC2CCCCC2)nc(-c2ccc(Cl)cc2)n1. The predicted molar refractivity (Wildman–Crippen MR) is 103 cm³/mol. The summed E-state index contributed by atoms with van der Waals surface area (Å²) in [5.74, 6) is 1.13. The van der Waals surface area contributed by atoms with Crippen molar-refractivity contribution in [2.45, 2.75) is 50.1 Å². The first-order chi connectivity index (χ1) is 12.1. The molecule has 0 unspecified atom stereocenters. The van der Waals surface area contributed by atoms with Crippen LogP contribution in [0.5, 0.6) is 0 Å². The molecule has 1 saturated carbocycles. The Morgan fingerprint density at radius 1 is 1.20 bits per heavy atom. The summed E-state index contributed by atoms with van der Waals surface area (Å²) in [5, 5.41) is 4.64. The molecule has 4 nitrogen and oxygen atoms in total. The Bertz CT molecular complexity index is 730. The number of rotatable bonds is 5. The van der Waals surface area contributed by atoms with Crippen LogP contribution in [0.2, 0.25) is 5.02 Å². The van der Waals surface area contributed by atoms with Crippen molar-refractivity contribution in [1.29, 1.82) is 0 Å². The molecule has 0 spiro atoms. The number of amides is 1. The normalized spacial score (nSPS) is 15.1. The highest BCUT2D eigenvalue weighted by atomic mass is 35.5. The van der Waals surface area contributed by atoms with Crippen molar-refractivity contribution in [1.82, 2.24) is 15.3 Å². The number of thioether (sulfide) groups is 1. The third-order valence-electron chi connectivity index (χ3n) is 4.25. The molecule has 0 aliphatic heterocycles. The average Bonchev–Trinajstić information content (AvgIpc) is 2.61. The summed E-state index contributed by atoms with van der Waals surface area (Å²) in [7, 11) is 0. The lowest BCUT2D eigenvalue weighted by atomic mass is 9.95. The van der Waals surface area contributed by atoms with Gasteiger partial charge < -0.3 is 5.32 Å². The van der Waals surface area contributed by atoms with E-state index in [1.54, 1.807) is 0 Å². The third kappa shape index (κ3) is 5.44. The number of nitrogens with zero attached hydrogens (tertiary/aromatic N) is 2. The number of benzene rings is 1. The van der Waals surface area contributed by atoms with Crippen molar-refractivity contribution >= 4 is 29.3 Å². The first-order valence-corrected chi connectivity index (χ1v) is 10.0. The van der Waals surface area contributed by atoms with Crippen LogP contribution in [-0.4, -0.2) is 27.7 Å². The second kappa shape index (κ2) is 8.68. The molecule has 1 aromatic carbocycles. The van der Waals surface area contributed by atoms with Gasteiger partial charge in [0.25, 0.3) is 0 Å². The Kier molecular flexibility index (Phi) is 6.32. The van der Waals surface area contributed by atoms with Gasteiger partial charge in [0, 0.05) is 22.3 Å². The standard InChI is InChI=1S/C19H22ClN3OS/c1-13-11-18(23-19(21-13)14-7-9-15(20)10-8-14)25-12-17(24)22-16-5-3-2-4-6-16/h7-11,16H,2-6,12H2,1H3,(H,22,24). The predicted octanol–water partition coefficient (Wildman–Crippen LogP) is 4.65. The number of aromatic nitrogens is 2. The number of aryl methyl sites for hydroxylation is 1. The monoisotopic (exact) mass is 375 g/mol. The van der Waals surface area contributed by atoms with Crippen molar-refractivity contribution in [3.63, 3.8) is 0 Å². The van der Waals surface area contributed by atoms with E-state index in [1.807, 2.05) is 37.3 Å². The van der Waals surface area contributed by atoms with Crippen LogP contribution in [0.15, 0.2) is 35.4 Å². The fourth-order valence-corrected chi connectivity index (χ4v) is 3.89. The Labute approximate surface area is 157 Å². The number of halogens is 1. The van der Waals surface area contributed by atoms with Crippen molar-refractivity contribution in [2.75, 3.05) is 5.75 Å². The highest BCUT2D eigenvalue weighted by Gasteiger charge is 2.16. The summed E-state index contributed by atoms with van der Waals surface area (Å²) in [6.45, 7) is 1.94. The number of carbonyl (C=O) groups excluding carboxylic acids is 1. The Morgan fingerprint density at radius 3 is 2.64 bits per heavy atom. The van der Waals surface area contributed by atoms with Crippen molar-refractivity contribution in [3.05, 3.63) is 41.0 Å². The Balaban J connectivity index is 1.62. The van der Waals surface area contributed by atoms with Gasteiger partial charge >= 0.3 is 0 Å². The van der Waals surface area contributed by atoms with Crippen LogP contribution in [0.4, 0.5) is 0 Å². The molecule has 1 heterocycles. The molecule has 1 fully saturated rings. The maximum Gasteiger partial charge on any atom is 0.230 e. The van der Waals surface area contributed by atoms with E-state index in [9.17, 15) is 4.79 Å². The summed E-state index contributed by atoms with van der Waals surface area (Å²) in [4.78, 5) is 21.2. The summed E-state index contributed by atoms with van der Waals surface area (Å²) in [6.07, 6.45) is 5.92. The lowest BCUT2D eigenvalue weighted by Gasteiger charge is -2.22. The van der Waals surface area contributed by atoms with Crippen LogP contribution in [0.1, 0.15) is 37.8 Å². The van der Waals surface area contributed by atoms with Crippen LogP contribution in [0.25, 0.3) is 11.4 Å². The minimum Gasteiger partial charge on any atom is -0.353 e. The van der Waals surface area contributed by atoms with Crippen LogP contribution < -0.4 is 5.32 Å². The molecule has 0 radical (unpaired) electrons. The van der Waals surface area contributed by atoms with E-state index in [0.717, 1.165) is 29.1 Å². The molecule has 25 heavy (non-hydrogen) atoms. The largest absolute Gasteiger partial charge is 0.353 e. The molecule has 6 heteroatoms. The van der Waals surface area contributed by atoms with Gasteiger partial charge in [-0.2, -0.15) is 0 Å². The van der Waals surface area contributed by atoms with Gasteiger partial charge in [-0.05, 0) is 50.1 Å². The Hall–Kier alpha value is -1.59. The number of carbonyl (C=O) groups is 1. The summed E-state index contributed by atoms with van der Waals surface area (Å²) in [6, 6.07) is 9.72. The molecule has 3 rings (SSSR count). The zero-order valence-electron chi connectivity index (χ0n) is 14.3. The van der Waals surface area contributed by atoms with E-state index >= 15 is 0 Å². The maximum absolute atomic E-state index is 12.2. The zero-order chi connectivity index (χ0) is 17.6. The minimum atomic E-state index is 0.0845. The van der Waals surface area contributed by atoms with Crippen LogP contribution in [-0.2, 0) is 4.79 Å². The fraction of sp³-hybridized carbons (Fsp3) is 0.421. The van der Waals surface area contributed by atoms with Gasteiger partial charge in [0.2, 0.25) is 5.91 Å². The molecule has 0 saturated heterocycles. The van der Waals surface area contributed by atoms with E-state index in [1.165, 1.54) is 31.0 Å². The highest BCUT2D eigenvalue weighted by Crippen LogP contribution is 2.23. The Morgan fingerprint density at radius 2 is 1.92 bits per heavy atom. The van der Waals surface area contributed by atoms with Gasteiger partial charge in [0.05, 0.1) is 5.75 Å². The molecular formula is C19H22ClN3OS. The molecule has 1 aliphatic rings. The van der Waals surface area contributed by atoms with Crippen molar-refractivity contribution in [2.24, 2.45) is 0 Å². The number of hydrogen-bond acceptors (Lipinski definition) is 4. The molecule has 1 aliphatic carbocycles. The van der Waals surface area contributed by atoms with E-state index in [0.29, 0.717) is 22.6 Å². The van der Waals surface area contributed by atoms with Gasteiger partial charge in [0.1, 0.15) is 5.03 Å². The number of hydrogen-bond donors (Lipinski definition) is 1. The van der Waals surface area contributed by atoms with Crippen LogP contribution in [0.3, 0.4) is 0 Å². The molecular weight excluding hydrogens is 354 g/mol. The quantitative estimate of drug-likeness (QED) is 0.610. The summed E-state index contributed by atoms with van der Waals surface area (Å²) < 4.78 is 0. The average molecular weight is 376 g/mol. The van der Waals surface area contributed by atoms with Gasteiger partial charge in [-0.15, -0.1) is 0 Å².